The maximum absolute atomic E-state index is 12.9. The number of aromatic nitrogens is 2. The summed E-state index contributed by atoms with van der Waals surface area (Å²) in [6, 6.07) is 13.6. The van der Waals surface area contributed by atoms with E-state index in [1.54, 1.807) is 52.0 Å². The molecule has 0 saturated carbocycles. The molecule has 334 valence electrons. The Kier molecular flexibility index (Phi) is 18.5. The second kappa shape index (κ2) is 22.2. The van der Waals surface area contributed by atoms with E-state index >= 15 is 0 Å². The van der Waals surface area contributed by atoms with Gasteiger partial charge in [-0.1, -0.05) is 66.8 Å². The van der Waals surface area contributed by atoms with Crippen LogP contribution in [0.15, 0.2) is 74.9 Å². The van der Waals surface area contributed by atoms with Gasteiger partial charge in [0.1, 0.15) is 35.9 Å². The van der Waals surface area contributed by atoms with E-state index in [-0.39, 0.29) is 46.8 Å². The smallest absolute Gasteiger partial charge is 0.431 e. The maximum Gasteiger partial charge on any atom is 0.431 e. The molecule has 0 radical (unpaired) electrons. The average Bonchev–Trinajstić information content (AvgIpc) is 3.85. The number of benzene rings is 2. The van der Waals surface area contributed by atoms with Crippen molar-refractivity contribution in [3.05, 3.63) is 115 Å². The highest BCUT2D eigenvalue weighted by Crippen LogP contribution is 2.37. The van der Waals surface area contributed by atoms with Crippen LogP contribution in [0.25, 0.3) is 5.69 Å². The number of alkyl halides is 6. The van der Waals surface area contributed by atoms with Crippen molar-refractivity contribution in [1.82, 2.24) is 14.0 Å². The first-order chi connectivity index (χ1) is 28.5. The molecule has 2 amide bonds. The SMILES string of the molecule is CC(C)OC(=O)c1cc(-n2c(=O)cc(C(F)(F)F)n(C)c2=O)ccc1Cl.CC1(C)OC(c2ccco2)CN1C(=O)C(Cl)Cl.CCc1cccc(CC)c1N(COC)C(=O)CCl. The lowest BCUT2D eigenvalue weighted by atomic mass is 10.0. The van der Waals surface area contributed by atoms with Crippen LogP contribution in [-0.4, -0.2) is 74.7 Å². The van der Waals surface area contributed by atoms with Crippen LogP contribution in [-0.2, 0) is 49.9 Å². The second-order valence-electron chi connectivity index (χ2n) is 14.0. The Labute approximate surface area is 370 Å². The van der Waals surface area contributed by atoms with E-state index in [0.29, 0.717) is 27.5 Å². The fourth-order valence-corrected chi connectivity index (χ4v) is 6.75. The highest BCUT2D eigenvalue weighted by Gasteiger charge is 2.45. The topological polar surface area (TPSA) is 143 Å². The molecule has 1 atom stereocenters. The van der Waals surface area contributed by atoms with E-state index in [9.17, 15) is 37.1 Å². The number of hydrogen-bond donors (Lipinski definition) is 0. The predicted octanol–water partition coefficient (Wildman–Crippen LogP) is 8.48. The lowest BCUT2D eigenvalue weighted by Crippen LogP contribution is -2.45. The van der Waals surface area contributed by atoms with Gasteiger partial charge in [-0.15, -0.1) is 11.6 Å². The van der Waals surface area contributed by atoms with Crippen molar-refractivity contribution in [2.24, 2.45) is 7.05 Å². The monoisotopic (exact) mass is 936 g/mol. The van der Waals surface area contributed by atoms with E-state index < -0.39 is 45.8 Å². The fraction of sp³-hybridized carbons (Fsp3) is 0.439. The summed E-state index contributed by atoms with van der Waals surface area (Å²) in [6.07, 6.45) is -2.27. The molecule has 20 heteroatoms. The molecular weight excluding hydrogens is 891 g/mol. The number of halogens is 7. The van der Waals surface area contributed by atoms with E-state index in [1.165, 1.54) is 17.0 Å². The number of amides is 2. The number of para-hydroxylation sites is 1. The van der Waals surface area contributed by atoms with Crippen LogP contribution < -0.4 is 16.1 Å². The minimum Gasteiger partial charge on any atom is -0.467 e. The van der Waals surface area contributed by atoms with E-state index in [4.69, 9.17) is 65.0 Å². The van der Waals surface area contributed by atoms with Gasteiger partial charge in [-0.05, 0) is 82.0 Å². The van der Waals surface area contributed by atoms with Crippen molar-refractivity contribution in [1.29, 1.82) is 0 Å². The number of aryl methyl sites for hydroxylation is 2. The summed E-state index contributed by atoms with van der Waals surface area (Å²) in [5.74, 6) is -0.621. The molecule has 1 aliphatic heterocycles. The molecule has 2 aromatic heterocycles. The van der Waals surface area contributed by atoms with Gasteiger partial charge in [-0.25, -0.2) is 14.2 Å². The highest BCUT2D eigenvalue weighted by atomic mass is 35.5. The Bertz CT molecular complexity index is 2240. The van der Waals surface area contributed by atoms with Gasteiger partial charge >= 0.3 is 17.8 Å². The third-order valence-corrected chi connectivity index (χ3v) is 9.96. The fourth-order valence-electron chi connectivity index (χ4n) is 6.18. The average molecular weight is 939 g/mol. The lowest BCUT2D eigenvalue weighted by Gasteiger charge is -2.29. The van der Waals surface area contributed by atoms with E-state index in [0.717, 1.165) is 42.8 Å². The number of furan rings is 1. The number of esters is 1. The van der Waals surface area contributed by atoms with Gasteiger partial charge in [0.25, 0.3) is 11.5 Å². The quantitative estimate of drug-likeness (QED) is 0.0823. The zero-order chi connectivity index (χ0) is 46.0. The Morgan fingerprint density at radius 2 is 1.62 bits per heavy atom. The molecule has 0 bridgehead atoms. The molecule has 4 aromatic rings. The largest absolute Gasteiger partial charge is 0.467 e. The Morgan fingerprint density at radius 1 is 1.00 bits per heavy atom. The molecule has 1 aliphatic rings. The number of carbonyl (C=O) groups excluding carboxylic acids is 3. The number of methoxy groups -OCH3 is 1. The first-order valence-corrected chi connectivity index (χ1v) is 20.5. The minimum atomic E-state index is -4.86. The summed E-state index contributed by atoms with van der Waals surface area (Å²) in [7, 11) is 2.47. The first kappa shape index (κ1) is 51.0. The predicted molar refractivity (Wildman–Crippen MR) is 227 cm³/mol. The molecule has 1 saturated heterocycles. The van der Waals surface area contributed by atoms with Crippen molar-refractivity contribution in [2.45, 2.75) is 83.3 Å². The molecule has 2 aromatic carbocycles. The zero-order valence-corrected chi connectivity index (χ0v) is 37.7. The number of carbonyl (C=O) groups is 3. The first-order valence-electron chi connectivity index (χ1n) is 18.7. The summed E-state index contributed by atoms with van der Waals surface area (Å²) < 4.78 is 60.7. The van der Waals surface area contributed by atoms with Gasteiger partial charge in [-0.3, -0.25) is 23.9 Å². The van der Waals surface area contributed by atoms with Gasteiger partial charge < -0.3 is 23.5 Å². The summed E-state index contributed by atoms with van der Waals surface area (Å²) in [5.41, 5.74) is -1.50. The molecule has 5 rings (SSSR count). The number of rotatable bonds is 11. The van der Waals surface area contributed by atoms with Crippen LogP contribution in [0.2, 0.25) is 5.02 Å². The lowest BCUT2D eigenvalue weighted by molar-refractivity contribution is -0.145. The summed E-state index contributed by atoms with van der Waals surface area (Å²) >= 11 is 22.8. The molecule has 0 aliphatic carbocycles. The van der Waals surface area contributed by atoms with Gasteiger partial charge in [-0.2, -0.15) is 13.2 Å². The van der Waals surface area contributed by atoms with E-state index in [1.807, 2.05) is 24.3 Å². The zero-order valence-electron chi connectivity index (χ0n) is 34.6. The Morgan fingerprint density at radius 3 is 2.11 bits per heavy atom. The number of anilines is 1. The van der Waals surface area contributed by atoms with Crippen LogP contribution in [0, 0.1) is 0 Å². The Balaban J connectivity index is 0.000000252. The molecule has 61 heavy (non-hydrogen) atoms. The molecule has 13 nitrogen and oxygen atoms in total. The van der Waals surface area contributed by atoms with Crippen LogP contribution in [0.5, 0.6) is 0 Å². The Hall–Kier alpha value is -4.32. The standard InChI is InChI=1S/C16H14ClF3N2O4.C14H20ClNO2.C11H13Cl2NO3/c1-8(2)26-14(24)10-6-9(4-5-11(10)17)22-13(23)7-12(16(18,19)20)21(3)15(22)25;1-4-11-7-6-8-12(5-2)14(11)16(10-18-3)13(17)9-15;1-11(2)14(10(15)9(12)13)6-8(17-11)7-4-3-5-16-7/h4-8H,1-3H3;6-8H,4-5,9-10H2,1-3H3;3-5,8-9H,6H2,1-2H3. The van der Waals surface area contributed by atoms with Crippen LogP contribution in [0.1, 0.15) is 80.6 Å². The molecule has 0 N–H and O–H groups in total. The van der Waals surface area contributed by atoms with Crippen LogP contribution >= 0.6 is 46.4 Å². The minimum absolute atomic E-state index is 0.0104. The van der Waals surface area contributed by atoms with Crippen molar-refractivity contribution in [3.8, 4) is 5.69 Å². The van der Waals surface area contributed by atoms with Gasteiger partial charge in [0.2, 0.25) is 5.91 Å². The van der Waals surface area contributed by atoms with Gasteiger partial charge in [0.15, 0.2) is 4.84 Å². The summed E-state index contributed by atoms with van der Waals surface area (Å²) in [4.78, 5) is 62.3. The highest BCUT2D eigenvalue weighted by molar-refractivity contribution is 6.53. The van der Waals surface area contributed by atoms with Crippen molar-refractivity contribution < 1.29 is 46.2 Å². The summed E-state index contributed by atoms with van der Waals surface area (Å²) in [5, 5.41) is 0.0104. The summed E-state index contributed by atoms with van der Waals surface area (Å²) in [6.45, 7) is 11.6. The van der Waals surface area contributed by atoms with Crippen LogP contribution in [0.3, 0.4) is 0 Å². The van der Waals surface area contributed by atoms with Crippen molar-refractivity contribution >= 4 is 69.9 Å². The normalized spacial score (nSPS) is 14.6. The van der Waals surface area contributed by atoms with Crippen molar-refractivity contribution in [3.63, 3.8) is 0 Å². The maximum atomic E-state index is 12.9. The molecule has 1 unspecified atom stereocenters. The molecular formula is C41H47Cl4F3N4O9. The van der Waals surface area contributed by atoms with E-state index in [2.05, 4.69) is 13.8 Å². The number of ether oxygens (including phenoxy) is 3. The molecule has 0 spiro atoms. The third-order valence-electron chi connectivity index (χ3n) is 9.03. The molecule has 1 fully saturated rings. The molecule has 3 heterocycles. The van der Waals surface area contributed by atoms with Crippen molar-refractivity contribution in [2.75, 3.05) is 31.2 Å². The number of hydrogen-bond acceptors (Lipinski definition) is 9. The van der Waals surface area contributed by atoms with Gasteiger partial charge in [0.05, 0.1) is 40.9 Å². The number of nitrogens with zero attached hydrogens (tertiary/aromatic N) is 4. The van der Waals surface area contributed by atoms with Gasteiger partial charge in [0, 0.05) is 20.2 Å². The second-order valence-corrected chi connectivity index (χ2v) is 15.8. The van der Waals surface area contributed by atoms with Crippen LogP contribution in [0.4, 0.5) is 18.9 Å². The third kappa shape index (κ3) is 12.9.